The third-order valence-electron chi connectivity index (χ3n) is 1.83. The summed E-state index contributed by atoms with van der Waals surface area (Å²) in [6.07, 6.45) is 3.88. The lowest BCUT2D eigenvalue weighted by Crippen LogP contribution is -2.00. The van der Waals surface area contributed by atoms with Crippen LogP contribution < -0.4 is 10.1 Å². The van der Waals surface area contributed by atoms with Gasteiger partial charge in [0.2, 0.25) is 11.8 Å². The highest BCUT2D eigenvalue weighted by Crippen LogP contribution is 2.23. The third kappa shape index (κ3) is 2.79. The summed E-state index contributed by atoms with van der Waals surface area (Å²) in [5.74, 6) is -0.286. The molecule has 0 radical (unpaired) electrons. The Kier molecular flexibility index (Phi) is 3.34. The summed E-state index contributed by atoms with van der Waals surface area (Å²) in [5, 5.41) is 3.08. The topological polar surface area (TPSA) is 59.9 Å². The first kappa shape index (κ1) is 11.5. The van der Waals surface area contributed by atoms with Crippen LogP contribution in [0.15, 0.2) is 24.7 Å². The van der Waals surface area contributed by atoms with Gasteiger partial charge in [0.25, 0.3) is 5.88 Å². The van der Waals surface area contributed by atoms with Gasteiger partial charge in [0.1, 0.15) is 5.75 Å². The SMILES string of the molecule is CNc1ncc(F)c(Oc2cncc(Cl)c2)n1. The molecule has 2 heterocycles. The molecule has 2 aromatic rings. The first-order valence-corrected chi connectivity index (χ1v) is 5.05. The van der Waals surface area contributed by atoms with E-state index in [0.29, 0.717) is 10.8 Å². The Bertz CT molecular complexity index is 537. The fourth-order valence-corrected chi connectivity index (χ4v) is 1.27. The van der Waals surface area contributed by atoms with Gasteiger partial charge >= 0.3 is 0 Å². The fraction of sp³-hybridized carbons (Fsp3) is 0.100. The van der Waals surface area contributed by atoms with Crippen molar-refractivity contribution in [3.8, 4) is 11.6 Å². The Morgan fingerprint density at radius 2 is 2.18 bits per heavy atom. The number of anilines is 1. The predicted molar refractivity (Wildman–Crippen MR) is 60.9 cm³/mol. The van der Waals surface area contributed by atoms with Gasteiger partial charge in [-0.2, -0.15) is 9.37 Å². The number of halogens is 2. The largest absolute Gasteiger partial charge is 0.435 e. The molecule has 88 valence electrons. The van der Waals surface area contributed by atoms with E-state index in [4.69, 9.17) is 16.3 Å². The van der Waals surface area contributed by atoms with Crippen molar-refractivity contribution in [1.29, 1.82) is 0 Å². The monoisotopic (exact) mass is 254 g/mol. The molecule has 0 saturated heterocycles. The van der Waals surface area contributed by atoms with Crippen LogP contribution in [0.4, 0.5) is 10.3 Å². The van der Waals surface area contributed by atoms with Gasteiger partial charge in [-0.3, -0.25) is 4.98 Å². The van der Waals surface area contributed by atoms with Crippen LogP contribution in [0, 0.1) is 5.82 Å². The van der Waals surface area contributed by atoms with Crippen LogP contribution in [0.5, 0.6) is 11.6 Å². The summed E-state index contributed by atoms with van der Waals surface area (Å²) in [5.41, 5.74) is 0. The van der Waals surface area contributed by atoms with Gasteiger partial charge in [-0.25, -0.2) is 4.98 Å². The number of nitrogens with zero attached hydrogens (tertiary/aromatic N) is 3. The summed E-state index contributed by atoms with van der Waals surface area (Å²) in [4.78, 5) is 11.3. The average molecular weight is 255 g/mol. The Morgan fingerprint density at radius 1 is 1.35 bits per heavy atom. The molecule has 0 aromatic carbocycles. The summed E-state index contributed by atoms with van der Waals surface area (Å²) in [6, 6.07) is 1.51. The van der Waals surface area contributed by atoms with Crippen molar-refractivity contribution in [2.75, 3.05) is 12.4 Å². The molecular formula is C10H8ClFN4O. The lowest BCUT2D eigenvalue weighted by atomic mass is 10.4. The maximum Gasteiger partial charge on any atom is 0.260 e. The Balaban J connectivity index is 2.29. The van der Waals surface area contributed by atoms with Crippen molar-refractivity contribution in [2.45, 2.75) is 0 Å². The van der Waals surface area contributed by atoms with Crippen molar-refractivity contribution in [1.82, 2.24) is 15.0 Å². The number of rotatable bonds is 3. The minimum absolute atomic E-state index is 0.187. The van der Waals surface area contributed by atoms with E-state index in [2.05, 4.69) is 20.3 Å². The maximum absolute atomic E-state index is 13.4. The van der Waals surface area contributed by atoms with Gasteiger partial charge < -0.3 is 10.1 Å². The highest BCUT2D eigenvalue weighted by molar-refractivity contribution is 6.30. The number of ether oxygens (including phenoxy) is 1. The molecule has 1 N–H and O–H groups in total. The first-order chi connectivity index (χ1) is 8.19. The van der Waals surface area contributed by atoms with Crippen LogP contribution in [0.25, 0.3) is 0 Å². The predicted octanol–water partition coefficient (Wildman–Crippen LogP) is 2.50. The number of nitrogens with one attached hydrogen (secondary N) is 1. The summed E-state index contributed by atoms with van der Waals surface area (Å²) < 4.78 is 18.6. The van der Waals surface area contributed by atoms with Gasteiger partial charge in [0, 0.05) is 19.3 Å². The van der Waals surface area contributed by atoms with Crippen LogP contribution >= 0.6 is 11.6 Å². The number of hydrogen-bond donors (Lipinski definition) is 1. The van der Waals surface area contributed by atoms with E-state index in [9.17, 15) is 4.39 Å². The molecule has 0 aliphatic rings. The van der Waals surface area contributed by atoms with Crippen molar-refractivity contribution >= 4 is 17.5 Å². The molecule has 7 heteroatoms. The minimum atomic E-state index is -0.663. The summed E-state index contributed by atoms with van der Waals surface area (Å²) in [7, 11) is 1.62. The third-order valence-corrected chi connectivity index (χ3v) is 2.04. The average Bonchev–Trinajstić information content (AvgIpc) is 2.32. The summed E-state index contributed by atoms with van der Waals surface area (Å²) >= 11 is 5.73. The minimum Gasteiger partial charge on any atom is -0.435 e. The smallest absolute Gasteiger partial charge is 0.260 e. The standard InChI is InChI=1S/C10H8ClFN4O/c1-13-10-15-5-8(12)9(16-10)17-7-2-6(11)3-14-4-7/h2-5H,1H3,(H,13,15,16). The second-order valence-electron chi connectivity index (χ2n) is 3.04. The van der Waals surface area contributed by atoms with Crippen molar-refractivity contribution in [3.05, 3.63) is 35.5 Å². The highest BCUT2D eigenvalue weighted by Gasteiger charge is 2.09. The molecule has 0 unspecified atom stereocenters. The second-order valence-corrected chi connectivity index (χ2v) is 3.47. The normalized spacial score (nSPS) is 10.1. The molecule has 0 amide bonds. The van der Waals surface area contributed by atoms with Gasteiger partial charge in [0.15, 0.2) is 0 Å². The van der Waals surface area contributed by atoms with Gasteiger partial charge in [0.05, 0.1) is 17.4 Å². The zero-order valence-corrected chi connectivity index (χ0v) is 9.57. The molecule has 0 spiro atoms. The van der Waals surface area contributed by atoms with E-state index >= 15 is 0 Å². The van der Waals surface area contributed by atoms with Crippen LogP contribution in [0.3, 0.4) is 0 Å². The van der Waals surface area contributed by atoms with Crippen LogP contribution in [-0.2, 0) is 0 Å². The van der Waals surface area contributed by atoms with Crippen molar-refractivity contribution in [2.24, 2.45) is 0 Å². The molecule has 5 nitrogen and oxygen atoms in total. The molecule has 17 heavy (non-hydrogen) atoms. The zero-order chi connectivity index (χ0) is 12.3. The zero-order valence-electron chi connectivity index (χ0n) is 8.82. The van der Waals surface area contributed by atoms with Crippen molar-refractivity contribution < 1.29 is 9.13 Å². The molecule has 2 rings (SSSR count). The highest BCUT2D eigenvalue weighted by atomic mass is 35.5. The first-order valence-electron chi connectivity index (χ1n) is 4.68. The van der Waals surface area contributed by atoms with E-state index in [1.165, 1.54) is 18.5 Å². The van der Waals surface area contributed by atoms with E-state index < -0.39 is 5.82 Å². The number of aromatic nitrogens is 3. The lowest BCUT2D eigenvalue weighted by molar-refractivity contribution is 0.419. The fourth-order valence-electron chi connectivity index (χ4n) is 1.10. The molecule has 0 aliphatic heterocycles. The van der Waals surface area contributed by atoms with Gasteiger partial charge in [-0.05, 0) is 0 Å². The van der Waals surface area contributed by atoms with E-state index in [1.807, 2.05) is 0 Å². The quantitative estimate of drug-likeness (QED) is 0.912. The van der Waals surface area contributed by atoms with E-state index in [-0.39, 0.29) is 11.8 Å². The number of pyridine rings is 1. The van der Waals surface area contributed by atoms with Crippen LogP contribution in [0.1, 0.15) is 0 Å². The van der Waals surface area contributed by atoms with Gasteiger partial charge in [-0.15, -0.1) is 0 Å². The molecule has 0 atom stereocenters. The molecule has 0 bridgehead atoms. The molecule has 2 aromatic heterocycles. The molecule has 0 saturated carbocycles. The van der Waals surface area contributed by atoms with Crippen LogP contribution in [0.2, 0.25) is 5.02 Å². The molecule has 0 aliphatic carbocycles. The Morgan fingerprint density at radius 3 is 2.88 bits per heavy atom. The van der Waals surface area contributed by atoms with Crippen LogP contribution in [-0.4, -0.2) is 22.0 Å². The maximum atomic E-state index is 13.4. The van der Waals surface area contributed by atoms with E-state index in [1.54, 1.807) is 7.05 Å². The molecule has 0 fully saturated rings. The number of hydrogen-bond acceptors (Lipinski definition) is 5. The lowest BCUT2D eigenvalue weighted by Gasteiger charge is -2.06. The summed E-state index contributed by atoms with van der Waals surface area (Å²) in [6.45, 7) is 0. The molecular weight excluding hydrogens is 247 g/mol. The Hall–Kier alpha value is -1.95. The Labute approximate surface area is 102 Å². The second kappa shape index (κ2) is 4.92. The van der Waals surface area contributed by atoms with Gasteiger partial charge in [-0.1, -0.05) is 11.6 Å². The van der Waals surface area contributed by atoms with E-state index in [0.717, 1.165) is 6.20 Å². The van der Waals surface area contributed by atoms with Crippen molar-refractivity contribution in [3.63, 3.8) is 0 Å².